The van der Waals surface area contributed by atoms with Crippen LogP contribution in [-0.4, -0.2) is 35.9 Å². The molecule has 4 aromatic rings. The summed E-state index contributed by atoms with van der Waals surface area (Å²) in [5.41, 5.74) is 3.08. The minimum Gasteiger partial charge on any atom is -0.497 e. The van der Waals surface area contributed by atoms with Crippen LogP contribution in [0, 0.1) is 11.6 Å². The number of fused-ring (bicyclic) bond motifs is 1. The maximum Gasteiger partial charge on any atom is 0.126 e. The molecule has 0 radical (unpaired) electrons. The van der Waals surface area contributed by atoms with Gasteiger partial charge >= 0.3 is 0 Å². The SMILES string of the molecule is COc1cccc(CNC[C@@H](O)[C@H](Cc2cc(F)cc(F)c2)Nc2ccnc3ccccc23)c1. The van der Waals surface area contributed by atoms with E-state index in [2.05, 4.69) is 15.6 Å². The largest absolute Gasteiger partial charge is 0.497 e. The quantitative estimate of drug-likeness (QED) is 0.318. The number of methoxy groups -OCH3 is 1. The second kappa shape index (κ2) is 11.0. The Labute approximate surface area is 197 Å². The van der Waals surface area contributed by atoms with Crippen molar-refractivity contribution < 1.29 is 18.6 Å². The monoisotopic (exact) mass is 463 g/mol. The van der Waals surface area contributed by atoms with E-state index >= 15 is 0 Å². The number of aliphatic hydroxyl groups excluding tert-OH is 1. The number of anilines is 1. The number of pyridine rings is 1. The van der Waals surface area contributed by atoms with Gasteiger partial charge in [-0.15, -0.1) is 0 Å². The van der Waals surface area contributed by atoms with E-state index in [0.717, 1.165) is 34.0 Å². The summed E-state index contributed by atoms with van der Waals surface area (Å²) in [6.07, 6.45) is 1.08. The van der Waals surface area contributed by atoms with Crippen molar-refractivity contribution in [2.75, 3.05) is 19.0 Å². The summed E-state index contributed by atoms with van der Waals surface area (Å²) in [6.45, 7) is 0.809. The summed E-state index contributed by atoms with van der Waals surface area (Å²) < 4.78 is 32.9. The van der Waals surface area contributed by atoms with Gasteiger partial charge in [-0.05, 0) is 53.9 Å². The van der Waals surface area contributed by atoms with Gasteiger partial charge < -0.3 is 20.5 Å². The molecule has 0 bridgehead atoms. The molecule has 176 valence electrons. The normalized spacial score (nSPS) is 12.9. The number of hydrogen-bond acceptors (Lipinski definition) is 5. The van der Waals surface area contributed by atoms with Crippen LogP contribution in [0.2, 0.25) is 0 Å². The average Bonchev–Trinajstić information content (AvgIpc) is 2.83. The average molecular weight is 464 g/mol. The first kappa shape index (κ1) is 23.6. The maximum absolute atomic E-state index is 13.8. The molecule has 0 aliphatic rings. The molecule has 0 amide bonds. The van der Waals surface area contributed by atoms with E-state index in [1.807, 2.05) is 54.6 Å². The summed E-state index contributed by atoms with van der Waals surface area (Å²) in [7, 11) is 1.62. The Kier molecular flexibility index (Phi) is 7.67. The molecule has 3 N–H and O–H groups in total. The first-order valence-corrected chi connectivity index (χ1v) is 11.1. The molecule has 34 heavy (non-hydrogen) atoms. The fourth-order valence-electron chi connectivity index (χ4n) is 3.98. The lowest BCUT2D eigenvalue weighted by Crippen LogP contribution is -2.42. The molecule has 2 atom stereocenters. The van der Waals surface area contributed by atoms with Gasteiger partial charge in [-0.2, -0.15) is 0 Å². The molecule has 7 heteroatoms. The van der Waals surface area contributed by atoms with Crippen LogP contribution in [0.3, 0.4) is 0 Å². The Bertz CT molecular complexity index is 1230. The van der Waals surface area contributed by atoms with Crippen LogP contribution in [-0.2, 0) is 13.0 Å². The third kappa shape index (κ3) is 6.07. The standard InChI is InChI=1S/C27H27F2N3O2/c1-34-22-6-4-5-18(13-22)16-30-17-27(33)26(14-19-11-20(28)15-21(29)12-19)32-25-9-10-31-24-8-3-2-7-23(24)25/h2-13,15,26-27,30,33H,14,16-17H2,1H3,(H,31,32)/t26-,27+/m0/s1. The van der Waals surface area contributed by atoms with Crippen LogP contribution in [0.5, 0.6) is 5.75 Å². The molecule has 4 rings (SSSR count). The third-order valence-corrected chi connectivity index (χ3v) is 5.65. The molecule has 1 heterocycles. The van der Waals surface area contributed by atoms with Crippen molar-refractivity contribution in [1.29, 1.82) is 0 Å². The summed E-state index contributed by atoms with van der Waals surface area (Å²) in [6, 6.07) is 20.1. The van der Waals surface area contributed by atoms with E-state index in [1.165, 1.54) is 12.1 Å². The number of halogens is 2. The van der Waals surface area contributed by atoms with Crippen LogP contribution < -0.4 is 15.4 Å². The second-order valence-electron chi connectivity index (χ2n) is 8.16. The van der Waals surface area contributed by atoms with Crippen LogP contribution in [0.25, 0.3) is 10.9 Å². The molecule has 0 fully saturated rings. The smallest absolute Gasteiger partial charge is 0.126 e. The minimum atomic E-state index is -0.844. The maximum atomic E-state index is 13.8. The lowest BCUT2D eigenvalue weighted by atomic mass is 9.99. The van der Waals surface area contributed by atoms with Crippen LogP contribution in [0.1, 0.15) is 11.1 Å². The molecule has 0 saturated heterocycles. The van der Waals surface area contributed by atoms with Crippen molar-refractivity contribution in [3.05, 3.63) is 102 Å². The first-order chi connectivity index (χ1) is 16.5. The van der Waals surface area contributed by atoms with Gasteiger partial charge in [0.2, 0.25) is 0 Å². The Balaban J connectivity index is 1.52. The predicted octanol–water partition coefficient (Wildman–Crippen LogP) is 4.70. The lowest BCUT2D eigenvalue weighted by Gasteiger charge is -2.26. The van der Waals surface area contributed by atoms with Gasteiger partial charge in [-0.1, -0.05) is 30.3 Å². The fourth-order valence-corrected chi connectivity index (χ4v) is 3.98. The molecular weight excluding hydrogens is 436 g/mol. The molecule has 0 unspecified atom stereocenters. The van der Waals surface area contributed by atoms with Crippen molar-refractivity contribution in [3.8, 4) is 5.75 Å². The molecular formula is C27H27F2N3O2. The molecule has 3 aromatic carbocycles. The number of para-hydroxylation sites is 1. The number of benzene rings is 3. The summed E-state index contributed by atoms with van der Waals surface area (Å²) in [4.78, 5) is 4.37. The second-order valence-corrected chi connectivity index (χ2v) is 8.16. The van der Waals surface area contributed by atoms with Crippen LogP contribution in [0.15, 0.2) is 79.0 Å². The molecule has 0 aliphatic carbocycles. The number of nitrogens with zero attached hydrogens (tertiary/aromatic N) is 1. The summed E-state index contributed by atoms with van der Waals surface area (Å²) in [5.74, 6) is -0.528. The summed E-state index contributed by atoms with van der Waals surface area (Å²) >= 11 is 0. The number of nitrogens with one attached hydrogen (secondary N) is 2. The van der Waals surface area contributed by atoms with Gasteiger partial charge in [0.25, 0.3) is 0 Å². The van der Waals surface area contributed by atoms with Crippen LogP contribution in [0.4, 0.5) is 14.5 Å². The molecule has 0 aliphatic heterocycles. The Morgan fingerprint density at radius 3 is 2.53 bits per heavy atom. The Morgan fingerprint density at radius 1 is 0.941 bits per heavy atom. The van der Waals surface area contributed by atoms with Crippen molar-refractivity contribution in [2.24, 2.45) is 0 Å². The highest BCUT2D eigenvalue weighted by Crippen LogP contribution is 2.23. The summed E-state index contributed by atoms with van der Waals surface area (Å²) in [5, 5.41) is 18.6. The van der Waals surface area contributed by atoms with Gasteiger partial charge in [0.15, 0.2) is 0 Å². The molecule has 5 nitrogen and oxygen atoms in total. The van der Waals surface area contributed by atoms with Crippen LogP contribution >= 0.6 is 0 Å². The van der Waals surface area contributed by atoms with E-state index in [-0.39, 0.29) is 13.0 Å². The van der Waals surface area contributed by atoms with Crippen molar-refractivity contribution in [2.45, 2.75) is 25.1 Å². The van der Waals surface area contributed by atoms with E-state index in [4.69, 9.17) is 4.74 Å². The highest BCUT2D eigenvalue weighted by atomic mass is 19.1. The Hall–Kier alpha value is -3.55. The van der Waals surface area contributed by atoms with Gasteiger partial charge in [0.1, 0.15) is 17.4 Å². The first-order valence-electron chi connectivity index (χ1n) is 11.1. The zero-order chi connectivity index (χ0) is 23.9. The highest BCUT2D eigenvalue weighted by Gasteiger charge is 2.21. The van der Waals surface area contributed by atoms with Gasteiger partial charge in [0, 0.05) is 36.4 Å². The zero-order valence-corrected chi connectivity index (χ0v) is 18.8. The number of aliphatic hydroxyl groups is 1. The van der Waals surface area contributed by atoms with E-state index < -0.39 is 23.8 Å². The third-order valence-electron chi connectivity index (χ3n) is 5.65. The number of ether oxygens (including phenoxy) is 1. The van der Waals surface area contributed by atoms with E-state index in [0.29, 0.717) is 12.1 Å². The van der Waals surface area contributed by atoms with Gasteiger partial charge in [-0.25, -0.2) is 8.78 Å². The number of rotatable bonds is 10. The molecule has 0 saturated carbocycles. The van der Waals surface area contributed by atoms with Gasteiger partial charge in [-0.3, -0.25) is 4.98 Å². The topological polar surface area (TPSA) is 66.4 Å². The van der Waals surface area contributed by atoms with Gasteiger partial charge in [0.05, 0.1) is 24.8 Å². The zero-order valence-electron chi connectivity index (χ0n) is 18.8. The number of hydrogen-bond donors (Lipinski definition) is 3. The Morgan fingerprint density at radius 2 is 1.74 bits per heavy atom. The highest BCUT2D eigenvalue weighted by molar-refractivity contribution is 5.91. The lowest BCUT2D eigenvalue weighted by molar-refractivity contribution is 0.149. The minimum absolute atomic E-state index is 0.230. The van der Waals surface area contributed by atoms with Crippen molar-refractivity contribution >= 4 is 16.6 Å². The van der Waals surface area contributed by atoms with Crippen molar-refractivity contribution in [1.82, 2.24) is 10.3 Å². The van der Waals surface area contributed by atoms with E-state index in [9.17, 15) is 13.9 Å². The fraction of sp³-hybridized carbons (Fsp3) is 0.222. The van der Waals surface area contributed by atoms with Crippen molar-refractivity contribution in [3.63, 3.8) is 0 Å². The predicted molar refractivity (Wildman–Crippen MR) is 130 cm³/mol. The van der Waals surface area contributed by atoms with E-state index in [1.54, 1.807) is 13.3 Å². The molecule has 0 spiro atoms. The molecule has 1 aromatic heterocycles. The number of aromatic nitrogens is 1.